The van der Waals surface area contributed by atoms with Gasteiger partial charge < -0.3 is 15.3 Å². The molecular formula is FeLiNO3. The summed E-state index contributed by atoms with van der Waals surface area (Å²) in [6.07, 6.45) is 0. The molecule has 0 N–H and O–H groups in total. The van der Waals surface area contributed by atoms with Crippen molar-refractivity contribution < 1.29 is 41.0 Å². The molecule has 0 rings (SSSR count). The minimum Gasteiger partial charge on any atom is -0.356 e. The molecule has 0 saturated carbocycles. The molecule has 0 spiro atoms. The molecule has 0 saturated heterocycles. The third-order valence-corrected chi connectivity index (χ3v) is 0. The van der Waals surface area contributed by atoms with Crippen LogP contribution in [0.5, 0.6) is 0 Å². The van der Waals surface area contributed by atoms with Crippen molar-refractivity contribution >= 4 is 0 Å². The normalized spacial score (nSPS) is 4.00. The van der Waals surface area contributed by atoms with Gasteiger partial charge in [0, 0.05) is 17.1 Å². The van der Waals surface area contributed by atoms with E-state index in [0.29, 0.717) is 0 Å². The van der Waals surface area contributed by atoms with Crippen molar-refractivity contribution in [2.75, 3.05) is 0 Å². The Hall–Kier alpha value is 0.317. The molecule has 0 amide bonds. The van der Waals surface area contributed by atoms with Crippen LogP contribution in [0, 0.1) is 15.3 Å². The Morgan fingerprint density at radius 3 is 1.33 bits per heavy atom. The summed E-state index contributed by atoms with van der Waals surface area (Å²) in [4.78, 5) is 8.25. The minimum atomic E-state index is -1.75. The summed E-state index contributed by atoms with van der Waals surface area (Å²) < 4.78 is 0. The van der Waals surface area contributed by atoms with Crippen LogP contribution in [0.3, 0.4) is 0 Å². The molecule has 0 aromatic rings. The van der Waals surface area contributed by atoms with E-state index in [2.05, 4.69) is 0 Å². The van der Waals surface area contributed by atoms with Gasteiger partial charge in [0.2, 0.25) is 0 Å². The Morgan fingerprint density at radius 1 is 1.33 bits per heavy atom. The predicted octanol–water partition coefficient (Wildman–Crippen LogP) is -3.24. The van der Waals surface area contributed by atoms with Crippen molar-refractivity contribution in [3.63, 3.8) is 0 Å². The third kappa shape index (κ3) is 473. The van der Waals surface area contributed by atoms with Gasteiger partial charge in [0.1, 0.15) is 0 Å². The van der Waals surface area contributed by atoms with Crippen LogP contribution in [0.15, 0.2) is 0 Å². The smallest absolute Gasteiger partial charge is 0.356 e. The largest absolute Gasteiger partial charge is 1.00 e. The fourth-order valence-electron chi connectivity index (χ4n) is 0. The molecule has 32 valence electrons. The standard InChI is InChI=1S/Fe.Li.NO3/c;;2-1(3)4/q;+1;-1. The summed E-state index contributed by atoms with van der Waals surface area (Å²) in [6, 6.07) is 0. The van der Waals surface area contributed by atoms with Gasteiger partial charge in [-0.25, -0.2) is 0 Å². The first-order valence-electron chi connectivity index (χ1n) is 0.548. The Balaban J connectivity index is -0.0000000450. The predicted molar refractivity (Wildman–Crippen MR) is 10.4 cm³/mol. The van der Waals surface area contributed by atoms with Crippen molar-refractivity contribution in [1.82, 2.24) is 0 Å². The molecule has 0 aliphatic rings. The van der Waals surface area contributed by atoms with E-state index in [1.54, 1.807) is 0 Å². The molecule has 0 aromatic carbocycles. The zero-order valence-corrected chi connectivity index (χ0v) is 4.13. The van der Waals surface area contributed by atoms with Crippen LogP contribution in [0.4, 0.5) is 0 Å². The number of hydrogen-bond donors (Lipinski definition) is 0. The average Bonchev–Trinajstić information content (AvgIpc) is 0.811. The summed E-state index contributed by atoms with van der Waals surface area (Å²) in [5, 5.41) is 14.8. The molecule has 6 heavy (non-hydrogen) atoms. The van der Waals surface area contributed by atoms with Gasteiger partial charge in [0.25, 0.3) is 0 Å². The second-order valence-electron chi connectivity index (χ2n) is 0.224. The van der Waals surface area contributed by atoms with Crippen molar-refractivity contribution in [3.05, 3.63) is 15.3 Å². The van der Waals surface area contributed by atoms with Crippen LogP contribution in [0.1, 0.15) is 0 Å². The van der Waals surface area contributed by atoms with Gasteiger partial charge >= 0.3 is 18.9 Å². The first-order chi connectivity index (χ1) is 1.73. The van der Waals surface area contributed by atoms with Gasteiger partial charge in [-0.1, -0.05) is 0 Å². The zero-order chi connectivity index (χ0) is 3.58. The summed E-state index contributed by atoms with van der Waals surface area (Å²) in [5.41, 5.74) is 0. The van der Waals surface area contributed by atoms with E-state index >= 15 is 0 Å². The van der Waals surface area contributed by atoms with Crippen molar-refractivity contribution in [3.8, 4) is 0 Å². The Morgan fingerprint density at radius 2 is 1.33 bits per heavy atom. The van der Waals surface area contributed by atoms with Crippen molar-refractivity contribution in [2.45, 2.75) is 0 Å². The molecule has 0 atom stereocenters. The maximum absolute atomic E-state index is 8.25. The second-order valence-corrected chi connectivity index (χ2v) is 0.224. The van der Waals surface area contributed by atoms with E-state index in [-0.39, 0.29) is 35.9 Å². The molecule has 6 heteroatoms. The van der Waals surface area contributed by atoms with Gasteiger partial charge in [-0.15, -0.1) is 0 Å². The molecule has 0 aliphatic carbocycles. The van der Waals surface area contributed by atoms with Gasteiger partial charge in [-0.05, 0) is 0 Å². The molecular weight excluding hydrogens is 125 g/mol. The van der Waals surface area contributed by atoms with Crippen LogP contribution in [-0.2, 0) is 17.1 Å². The van der Waals surface area contributed by atoms with Crippen molar-refractivity contribution in [2.24, 2.45) is 0 Å². The maximum Gasteiger partial charge on any atom is 1.00 e. The van der Waals surface area contributed by atoms with Crippen LogP contribution >= 0.6 is 0 Å². The average molecular weight is 125 g/mol. The summed E-state index contributed by atoms with van der Waals surface area (Å²) in [6.45, 7) is 0. The fraction of sp³-hybridized carbons (Fsp3) is 0. The Bertz CT molecular complexity index is 33.8. The van der Waals surface area contributed by atoms with E-state index in [1.807, 2.05) is 0 Å². The van der Waals surface area contributed by atoms with Gasteiger partial charge in [0.15, 0.2) is 0 Å². The Labute approximate surface area is 56.7 Å². The summed E-state index contributed by atoms with van der Waals surface area (Å²) in [7, 11) is 0. The van der Waals surface area contributed by atoms with E-state index in [1.165, 1.54) is 0 Å². The topological polar surface area (TPSA) is 66.2 Å². The summed E-state index contributed by atoms with van der Waals surface area (Å²) >= 11 is 0. The van der Waals surface area contributed by atoms with Gasteiger partial charge in [0.05, 0.1) is 5.09 Å². The van der Waals surface area contributed by atoms with Gasteiger partial charge in [-0.3, -0.25) is 0 Å². The molecule has 0 fully saturated rings. The number of hydrogen-bond acceptors (Lipinski definition) is 3. The molecule has 0 radical (unpaired) electrons. The first-order valence-corrected chi connectivity index (χ1v) is 0.548. The van der Waals surface area contributed by atoms with E-state index in [9.17, 15) is 0 Å². The Kier molecular flexibility index (Phi) is 24.4. The van der Waals surface area contributed by atoms with E-state index in [4.69, 9.17) is 15.3 Å². The van der Waals surface area contributed by atoms with Gasteiger partial charge in [-0.2, -0.15) is 0 Å². The van der Waals surface area contributed by atoms with Crippen LogP contribution < -0.4 is 18.9 Å². The van der Waals surface area contributed by atoms with Crippen molar-refractivity contribution in [1.29, 1.82) is 0 Å². The molecule has 0 aliphatic heterocycles. The first kappa shape index (κ1) is 16.2. The molecule has 0 bridgehead atoms. The van der Waals surface area contributed by atoms with Crippen LogP contribution in [0.2, 0.25) is 0 Å². The molecule has 0 unspecified atom stereocenters. The molecule has 0 aromatic heterocycles. The fourth-order valence-corrected chi connectivity index (χ4v) is 0. The van der Waals surface area contributed by atoms with E-state index in [0.717, 1.165) is 0 Å². The number of nitrogens with zero attached hydrogens (tertiary/aromatic N) is 1. The number of rotatable bonds is 0. The monoisotopic (exact) mass is 125 g/mol. The summed E-state index contributed by atoms with van der Waals surface area (Å²) in [5.74, 6) is 0. The quantitative estimate of drug-likeness (QED) is 0.194. The third-order valence-electron chi connectivity index (χ3n) is 0. The minimum absolute atomic E-state index is 0. The van der Waals surface area contributed by atoms with Crippen LogP contribution in [0.25, 0.3) is 0 Å². The zero-order valence-electron chi connectivity index (χ0n) is 3.03. The van der Waals surface area contributed by atoms with Crippen LogP contribution in [-0.4, -0.2) is 5.09 Å². The maximum atomic E-state index is 8.25. The second kappa shape index (κ2) is 9.01. The molecule has 0 heterocycles. The SMILES string of the molecule is O=[N+]([O-])[O-].[Fe].[Li+]. The molecule has 4 nitrogen and oxygen atoms in total. The van der Waals surface area contributed by atoms with E-state index < -0.39 is 5.09 Å².